The van der Waals surface area contributed by atoms with Crippen molar-refractivity contribution in [3.05, 3.63) is 17.0 Å². The van der Waals surface area contributed by atoms with Crippen LogP contribution >= 0.6 is 11.3 Å². The van der Waals surface area contributed by atoms with Crippen molar-refractivity contribution in [1.82, 2.24) is 9.62 Å². The first-order valence-electron chi connectivity index (χ1n) is 7.50. The maximum atomic E-state index is 12.5. The van der Waals surface area contributed by atoms with Crippen LogP contribution < -0.4 is 5.32 Å². The molecule has 0 unspecified atom stereocenters. The topological polar surface area (TPSA) is 49.4 Å². The van der Waals surface area contributed by atoms with E-state index in [0.717, 1.165) is 24.3 Å². The first-order valence-corrected chi connectivity index (χ1v) is 9.76. The second kappa shape index (κ2) is 6.36. The molecule has 0 aliphatic carbocycles. The third-order valence-corrected chi connectivity index (χ3v) is 7.17. The van der Waals surface area contributed by atoms with Crippen LogP contribution in [0.4, 0.5) is 0 Å². The lowest BCUT2D eigenvalue weighted by Gasteiger charge is -2.32. The average molecular weight is 331 g/mol. The average Bonchev–Trinajstić information content (AvgIpc) is 2.83. The molecule has 1 aromatic heterocycles. The standard InChI is InChI=1S/C15H26N2O2S2/c1-12-5-6-14(20-12)21(18,19)17-9-7-13(8-10-17)11-16-15(2,3)4/h5-6,13,16H,7-11H2,1-4H3. The van der Waals surface area contributed by atoms with Gasteiger partial charge in [0.15, 0.2) is 0 Å². The monoisotopic (exact) mass is 330 g/mol. The maximum absolute atomic E-state index is 12.5. The molecule has 4 nitrogen and oxygen atoms in total. The number of hydrogen-bond donors (Lipinski definition) is 1. The molecule has 0 spiro atoms. The van der Waals surface area contributed by atoms with Gasteiger partial charge in [-0.25, -0.2) is 8.42 Å². The molecule has 0 bridgehead atoms. The molecular formula is C15H26N2O2S2. The number of rotatable bonds is 4. The predicted octanol–water partition coefficient (Wildman–Crippen LogP) is 2.85. The molecule has 0 amide bonds. The van der Waals surface area contributed by atoms with E-state index in [1.807, 2.05) is 13.0 Å². The van der Waals surface area contributed by atoms with Gasteiger partial charge in [0.05, 0.1) is 0 Å². The van der Waals surface area contributed by atoms with Crippen molar-refractivity contribution in [2.75, 3.05) is 19.6 Å². The highest BCUT2D eigenvalue weighted by atomic mass is 32.2. The smallest absolute Gasteiger partial charge is 0.252 e. The SMILES string of the molecule is Cc1ccc(S(=O)(=O)N2CCC(CNC(C)(C)C)CC2)s1. The van der Waals surface area contributed by atoms with E-state index in [1.165, 1.54) is 11.3 Å². The molecule has 1 aromatic rings. The van der Waals surface area contributed by atoms with Crippen LogP contribution in [0.25, 0.3) is 0 Å². The summed E-state index contributed by atoms with van der Waals surface area (Å²) in [7, 11) is -3.28. The van der Waals surface area contributed by atoms with Gasteiger partial charge in [0.1, 0.15) is 4.21 Å². The van der Waals surface area contributed by atoms with Crippen molar-refractivity contribution in [3.8, 4) is 0 Å². The first kappa shape index (κ1) is 16.9. The zero-order valence-corrected chi connectivity index (χ0v) is 15.0. The fourth-order valence-corrected chi connectivity index (χ4v) is 5.39. The Morgan fingerprint density at radius 3 is 2.38 bits per heavy atom. The van der Waals surface area contributed by atoms with E-state index in [-0.39, 0.29) is 5.54 Å². The van der Waals surface area contributed by atoms with E-state index in [0.29, 0.717) is 23.2 Å². The summed E-state index contributed by atoms with van der Waals surface area (Å²) in [5.41, 5.74) is 0.123. The van der Waals surface area contributed by atoms with Gasteiger partial charge in [-0.2, -0.15) is 4.31 Å². The largest absolute Gasteiger partial charge is 0.312 e. The number of hydrogen-bond acceptors (Lipinski definition) is 4. The Bertz CT molecular complexity index is 565. The number of nitrogens with zero attached hydrogens (tertiary/aromatic N) is 1. The van der Waals surface area contributed by atoms with Gasteiger partial charge in [0, 0.05) is 23.5 Å². The number of thiophene rings is 1. The Morgan fingerprint density at radius 2 is 1.90 bits per heavy atom. The van der Waals surface area contributed by atoms with Crippen molar-refractivity contribution >= 4 is 21.4 Å². The van der Waals surface area contributed by atoms with Crippen LogP contribution in [-0.2, 0) is 10.0 Å². The van der Waals surface area contributed by atoms with Crippen LogP contribution in [0.3, 0.4) is 0 Å². The summed E-state index contributed by atoms with van der Waals surface area (Å²) < 4.78 is 27.2. The molecular weight excluding hydrogens is 304 g/mol. The molecule has 0 atom stereocenters. The molecule has 2 heterocycles. The number of nitrogens with one attached hydrogen (secondary N) is 1. The predicted molar refractivity (Wildman–Crippen MR) is 88.3 cm³/mol. The fraction of sp³-hybridized carbons (Fsp3) is 0.733. The molecule has 2 rings (SSSR count). The van der Waals surface area contributed by atoms with Crippen LogP contribution in [0.15, 0.2) is 16.3 Å². The summed E-state index contributed by atoms with van der Waals surface area (Å²) in [6.07, 6.45) is 1.87. The van der Waals surface area contributed by atoms with Crippen LogP contribution in [0.2, 0.25) is 0 Å². The Morgan fingerprint density at radius 1 is 1.29 bits per heavy atom. The zero-order chi connectivity index (χ0) is 15.7. The Kier molecular flexibility index (Phi) is 5.13. The van der Waals surface area contributed by atoms with Gasteiger partial charge in [-0.05, 0) is 65.1 Å². The summed E-state index contributed by atoms with van der Waals surface area (Å²) in [5, 5.41) is 3.51. The molecule has 0 radical (unpaired) electrons. The third-order valence-electron chi connectivity index (χ3n) is 3.80. The van der Waals surface area contributed by atoms with Crippen LogP contribution in [0.5, 0.6) is 0 Å². The van der Waals surface area contributed by atoms with E-state index in [4.69, 9.17) is 0 Å². The molecule has 1 fully saturated rings. The highest BCUT2D eigenvalue weighted by Gasteiger charge is 2.30. The van der Waals surface area contributed by atoms with Gasteiger partial charge < -0.3 is 5.32 Å². The Labute approximate surface area is 132 Å². The summed E-state index contributed by atoms with van der Waals surface area (Å²) >= 11 is 1.36. The molecule has 120 valence electrons. The minimum Gasteiger partial charge on any atom is -0.312 e. The number of sulfonamides is 1. The minimum atomic E-state index is -3.28. The lowest BCUT2D eigenvalue weighted by Crippen LogP contribution is -2.44. The number of piperidine rings is 1. The summed E-state index contributed by atoms with van der Waals surface area (Å²) in [4.78, 5) is 1.04. The van der Waals surface area contributed by atoms with E-state index in [1.54, 1.807) is 10.4 Å². The van der Waals surface area contributed by atoms with Crippen LogP contribution in [-0.4, -0.2) is 37.9 Å². The molecule has 1 saturated heterocycles. The molecule has 1 N–H and O–H groups in total. The van der Waals surface area contributed by atoms with Crippen LogP contribution in [0.1, 0.15) is 38.5 Å². The second-order valence-corrected chi connectivity index (χ2v) is 10.3. The quantitative estimate of drug-likeness (QED) is 0.923. The lowest BCUT2D eigenvalue weighted by molar-refractivity contribution is 0.252. The van der Waals surface area contributed by atoms with Crippen molar-refractivity contribution in [2.45, 2.75) is 50.3 Å². The van der Waals surface area contributed by atoms with Crippen molar-refractivity contribution in [3.63, 3.8) is 0 Å². The molecule has 1 aliphatic heterocycles. The highest BCUT2D eigenvalue weighted by molar-refractivity contribution is 7.91. The van der Waals surface area contributed by atoms with Gasteiger partial charge >= 0.3 is 0 Å². The maximum Gasteiger partial charge on any atom is 0.252 e. The van der Waals surface area contributed by atoms with E-state index >= 15 is 0 Å². The zero-order valence-electron chi connectivity index (χ0n) is 13.3. The molecule has 21 heavy (non-hydrogen) atoms. The van der Waals surface area contributed by atoms with E-state index < -0.39 is 10.0 Å². The summed E-state index contributed by atoms with van der Waals surface area (Å²) in [6, 6.07) is 3.60. The van der Waals surface area contributed by atoms with Gasteiger partial charge in [0.25, 0.3) is 10.0 Å². The molecule has 1 aliphatic rings. The minimum absolute atomic E-state index is 0.123. The fourth-order valence-electron chi connectivity index (χ4n) is 2.48. The summed E-state index contributed by atoms with van der Waals surface area (Å²) in [6.45, 7) is 10.7. The van der Waals surface area contributed by atoms with Crippen molar-refractivity contribution in [2.24, 2.45) is 5.92 Å². The van der Waals surface area contributed by atoms with E-state index in [9.17, 15) is 8.42 Å². The Balaban J connectivity index is 1.92. The highest BCUT2D eigenvalue weighted by Crippen LogP contribution is 2.28. The van der Waals surface area contributed by atoms with Crippen molar-refractivity contribution < 1.29 is 8.42 Å². The second-order valence-electron chi connectivity index (χ2n) is 6.84. The van der Waals surface area contributed by atoms with Gasteiger partial charge in [-0.3, -0.25) is 0 Å². The van der Waals surface area contributed by atoms with Gasteiger partial charge in [0.2, 0.25) is 0 Å². The first-order chi connectivity index (χ1) is 9.68. The molecule has 0 saturated carbocycles. The van der Waals surface area contributed by atoms with Crippen molar-refractivity contribution in [1.29, 1.82) is 0 Å². The molecule has 6 heteroatoms. The lowest BCUT2D eigenvalue weighted by atomic mass is 9.97. The summed E-state index contributed by atoms with van der Waals surface area (Å²) in [5.74, 6) is 0.570. The third kappa shape index (κ3) is 4.52. The van der Waals surface area contributed by atoms with Crippen LogP contribution in [0, 0.1) is 12.8 Å². The normalized spacial score (nSPS) is 19.0. The van der Waals surface area contributed by atoms with Gasteiger partial charge in [-0.15, -0.1) is 11.3 Å². The Hall–Kier alpha value is -0.430. The number of aryl methyl sites for hydroxylation is 1. The molecule has 0 aromatic carbocycles. The van der Waals surface area contributed by atoms with E-state index in [2.05, 4.69) is 26.1 Å². The van der Waals surface area contributed by atoms with Gasteiger partial charge in [-0.1, -0.05) is 0 Å².